The van der Waals surface area contributed by atoms with Crippen molar-refractivity contribution in [3.63, 3.8) is 0 Å². The van der Waals surface area contributed by atoms with Crippen LogP contribution in [0.3, 0.4) is 0 Å². The Morgan fingerprint density at radius 2 is 2.10 bits per heavy atom. The van der Waals surface area contributed by atoms with Crippen LogP contribution in [0.5, 0.6) is 0 Å². The van der Waals surface area contributed by atoms with Crippen LogP contribution in [0, 0.1) is 12.3 Å². The zero-order valence-corrected chi connectivity index (χ0v) is 13.5. The third-order valence-electron chi connectivity index (χ3n) is 4.07. The average molecular weight is 276 g/mol. The van der Waals surface area contributed by atoms with Gasteiger partial charge in [0.25, 0.3) is 0 Å². The Morgan fingerprint density at radius 1 is 1.35 bits per heavy atom. The summed E-state index contributed by atoms with van der Waals surface area (Å²) in [6, 6.07) is 2.19. The second-order valence-electron chi connectivity index (χ2n) is 6.79. The molecule has 1 aromatic rings. The van der Waals surface area contributed by atoms with Crippen molar-refractivity contribution in [2.24, 2.45) is 5.41 Å². The first-order valence-electron chi connectivity index (χ1n) is 7.55. The number of rotatable bonds is 4. The van der Waals surface area contributed by atoms with E-state index in [0.29, 0.717) is 5.41 Å². The Bertz CT molecular complexity index is 480. The number of aryl methyl sites for hydroxylation is 1. The Balaban J connectivity index is 1.97. The summed E-state index contributed by atoms with van der Waals surface area (Å²) in [6.07, 6.45) is 3.59. The molecule has 112 valence electrons. The van der Waals surface area contributed by atoms with Crippen molar-refractivity contribution < 1.29 is 4.42 Å². The van der Waals surface area contributed by atoms with Gasteiger partial charge in [0.15, 0.2) is 0 Å². The predicted molar refractivity (Wildman–Crippen MR) is 83.6 cm³/mol. The molecule has 0 spiro atoms. The first-order valence-corrected chi connectivity index (χ1v) is 7.55. The molecule has 0 amide bonds. The minimum Gasteiger partial charge on any atom is -0.465 e. The lowest BCUT2D eigenvalue weighted by atomic mass is 9.83. The summed E-state index contributed by atoms with van der Waals surface area (Å²) < 4.78 is 5.77. The first kappa shape index (κ1) is 15.3. The third kappa shape index (κ3) is 3.74. The first-order chi connectivity index (χ1) is 9.40. The van der Waals surface area contributed by atoms with Crippen molar-refractivity contribution in [2.45, 2.75) is 47.2 Å². The van der Waals surface area contributed by atoms with Gasteiger partial charge >= 0.3 is 0 Å². The van der Waals surface area contributed by atoms with Crippen LogP contribution in [0.1, 0.15) is 44.3 Å². The average Bonchev–Trinajstić information content (AvgIpc) is 2.70. The molecule has 0 atom stereocenters. The van der Waals surface area contributed by atoms with Crippen LogP contribution >= 0.6 is 0 Å². The molecule has 1 aliphatic rings. The summed E-state index contributed by atoms with van der Waals surface area (Å²) in [5.74, 6) is 2.09. The van der Waals surface area contributed by atoms with E-state index in [0.717, 1.165) is 37.7 Å². The molecule has 0 unspecified atom stereocenters. The quantitative estimate of drug-likeness (QED) is 0.853. The van der Waals surface area contributed by atoms with Crippen molar-refractivity contribution in [1.82, 2.24) is 10.2 Å². The number of hydrogen-bond acceptors (Lipinski definition) is 3. The van der Waals surface area contributed by atoms with Crippen LogP contribution in [0.15, 0.2) is 22.1 Å². The summed E-state index contributed by atoms with van der Waals surface area (Å²) in [5.41, 5.74) is 3.23. The van der Waals surface area contributed by atoms with Crippen molar-refractivity contribution in [1.29, 1.82) is 0 Å². The van der Waals surface area contributed by atoms with E-state index in [4.69, 9.17) is 4.42 Å². The topological polar surface area (TPSA) is 28.4 Å². The summed E-state index contributed by atoms with van der Waals surface area (Å²) >= 11 is 0. The van der Waals surface area contributed by atoms with E-state index in [1.54, 1.807) is 5.57 Å². The van der Waals surface area contributed by atoms with Gasteiger partial charge in [0.2, 0.25) is 0 Å². The Hall–Kier alpha value is -1.06. The lowest BCUT2D eigenvalue weighted by Gasteiger charge is -2.32. The zero-order valence-electron chi connectivity index (χ0n) is 13.5. The van der Waals surface area contributed by atoms with Crippen molar-refractivity contribution >= 4 is 0 Å². The summed E-state index contributed by atoms with van der Waals surface area (Å²) in [7, 11) is 1.95. The highest BCUT2D eigenvalue weighted by Crippen LogP contribution is 2.30. The van der Waals surface area contributed by atoms with Gasteiger partial charge in [-0.15, -0.1) is 0 Å². The van der Waals surface area contributed by atoms with E-state index in [1.807, 2.05) is 7.05 Å². The standard InChI is InChI=1S/C17H28N2O/c1-13-14(10-16(20-13)11-18-5)12-19-8-6-15(7-9-19)17(2,3)4/h6,10,18H,7-9,11-12H2,1-5H3. The normalized spacial score (nSPS) is 17.4. The van der Waals surface area contributed by atoms with Crippen LogP contribution in [0.25, 0.3) is 0 Å². The van der Waals surface area contributed by atoms with Crippen LogP contribution in [0.4, 0.5) is 0 Å². The van der Waals surface area contributed by atoms with Gasteiger partial charge in [0.05, 0.1) is 6.54 Å². The molecule has 0 saturated carbocycles. The van der Waals surface area contributed by atoms with Gasteiger partial charge < -0.3 is 9.73 Å². The maximum absolute atomic E-state index is 5.77. The Labute approximate surface area is 123 Å². The fourth-order valence-corrected chi connectivity index (χ4v) is 2.78. The molecule has 0 aromatic carbocycles. The lowest BCUT2D eigenvalue weighted by molar-refractivity contribution is 0.269. The smallest absolute Gasteiger partial charge is 0.118 e. The highest BCUT2D eigenvalue weighted by molar-refractivity contribution is 5.22. The largest absolute Gasteiger partial charge is 0.465 e. The molecule has 3 nitrogen and oxygen atoms in total. The summed E-state index contributed by atoms with van der Waals surface area (Å²) in [6.45, 7) is 13.0. The second-order valence-corrected chi connectivity index (χ2v) is 6.79. The summed E-state index contributed by atoms with van der Waals surface area (Å²) in [5, 5.41) is 3.13. The van der Waals surface area contributed by atoms with Crippen LogP contribution in [-0.2, 0) is 13.1 Å². The molecule has 1 aromatic heterocycles. The highest BCUT2D eigenvalue weighted by atomic mass is 16.3. The molecule has 0 radical (unpaired) electrons. The fourth-order valence-electron chi connectivity index (χ4n) is 2.78. The van der Waals surface area contributed by atoms with Crippen LogP contribution in [0.2, 0.25) is 0 Å². The molecular formula is C17H28N2O. The number of hydrogen-bond donors (Lipinski definition) is 1. The van der Waals surface area contributed by atoms with Gasteiger partial charge in [-0.05, 0) is 31.9 Å². The van der Waals surface area contributed by atoms with Crippen LogP contribution in [-0.4, -0.2) is 25.0 Å². The molecule has 1 N–H and O–H groups in total. The van der Waals surface area contributed by atoms with Gasteiger partial charge in [-0.1, -0.05) is 32.4 Å². The third-order valence-corrected chi connectivity index (χ3v) is 4.07. The SMILES string of the molecule is CNCc1cc(CN2CC=C(C(C)(C)C)CC2)c(C)o1. The molecule has 20 heavy (non-hydrogen) atoms. The minimum absolute atomic E-state index is 0.317. The number of furan rings is 1. The molecular weight excluding hydrogens is 248 g/mol. The van der Waals surface area contributed by atoms with Crippen molar-refractivity contribution in [2.75, 3.05) is 20.1 Å². The second kappa shape index (κ2) is 6.15. The molecule has 1 aliphatic heterocycles. The van der Waals surface area contributed by atoms with E-state index in [1.165, 1.54) is 12.0 Å². The molecule has 2 rings (SSSR count). The van der Waals surface area contributed by atoms with E-state index >= 15 is 0 Å². The zero-order chi connectivity index (χ0) is 14.8. The van der Waals surface area contributed by atoms with Crippen molar-refractivity contribution in [3.05, 3.63) is 34.8 Å². The van der Waals surface area contributed by atoms with Gasteiger partial charge in [0.1, 0.15) is 11.5 Å². The number of nitrogens with one attached hydrogen (secondary N) is 1. The minimum atomic E-state index is 0.317. The number of nitrogens with zero attached hydrogens (tertiary/aromatic N) is 1. The maximum atomic E-state index is 5.77. The van der Waals surface area contributed by atoms with E-state index in [2.05, 4.69) is 50.1 Å². The summed E-state index contributed by atoms with van der Waals surface area (Å²) in [4.78, 5) is 2.50. The van der Waals surface area contributed by atoms with Crippen LogP contribution < -0.4 is 5.32 Å². The van der Waals surface area contributed by atoms with Crippen molar-refractivity contribution in [3.8, 4) is 0 Å². The predicted octanol–water partition coefficient (Wildman–Crippen LogP) is 3.49. The molecule has 0 aliphatic carbocycles. The Morgan fingerprint density at radius 3 is 2.65 bits per heavy atom. The van der Waals surface area contributed by atoms with Gasteiger partial charge in [-0.3, -0.25) is 4.90 Å². The van der Waals surface area contributed by atoms with E-state index in [-0.39, 0.29) is 0 Å². The maximum Gasteiger partial charge on any atom is 0.118 e. The van der Waals surface area contributed by atoms with E-state index < -0.39 is 0 Å². The molecule has 2 heterocycles. The lowest BCUT2D eigenvalue weighted by Crippen LogP contribution is -2.30. The monoisotopic (exact) mass is 276 g/mol. The molecule has 0 bridgehead atoms. The van der Waals surface area contributed by atoms with E-state index in [9.17, 15) is 0 Å². The van der Waals surface area contributed by atoms with Gasteiger partial charge in [-0.25, -0.2) is 0 Å². The molecule has 3 heteroatoms. The highest BCUT2D eigenvalue weighted by Gasteiger charge is 2.21. The Kier molecular flexibility index (Phi) is 4.71. The molecule has 0 fully saturated rings. The van der Waals surface area contributed by atoms with Gasteiger partial charge in [-0.2, -0.15) is 0 Å². The molecule has 0 saturated heterocycles. The fraction of sp³-hybridized carbons (Fsp3) is 0.647. The van der Waals surface area contributed by atoms with Gasteiger partial charge in [0, 0.05) is 25.2 Å².